The van der Waals surface area contributed by atoms with Crippen LogP contribution < -0.4 is 10.0 Å². The largest absolute Gasteiger partial charge is 0.313 e. The van der Waals surface area contributed by atoms with Crippen LogP contribution in [0.3, 0.4) is 0 Å². The Labute approximate surface area is 126 Å². The number of rotatable bonds is 3. The van der Waals surface area contributed by atoms with Crippen LogP contribution in [0.5, 0.6) is 0 Å². The minimum Gasteiger partial charge on any atom is -0.313 e. The van der Waals surface area contributed by atoms with Gasteiger partial charge in [-0.05, 0) is 54.4 Å². The van der Waals surface area contributed by atoms with Crippen molar-refractivity contribution in [3.05, 3.63) is 15.9 Å². The van der Waals surface area contributed by atoms with Crippen molar-refractivity contribution in [2.75, 3.05) is 6.54 Å². The summed E-state index contributed by atoms with van der Waals surface area (Å²) in [4.78, 5) is 0. The zero-order valence-electron chi connectivity index (χ0n) is 9.85. The van der Waals surface area contributed by atoms with Gasteiger partial charge in [0.15, 0.2) is 0 Å². The fourth-order valence-corrected chi connectivity index (χ4v) is 5.28. The van der Waals surface area contributed by atoms with E-state index in [4.69, 9.17) is 0 Å². The predicted molar refractivity (Wildman–Crippen MR) is 80.1 cm³/mol. The molecule has 1 aliphatic rings. The molecular formula is C10H16BrClN2O2S2. The SMILES string of the molecule is CC1NCCCC1NS(=O)(=O)c1ccc(Br)s1.Cl. The zero-order valence-corrected chi connectivity index (χ0v) is 13.9. The Kier molecular flexibility index (Phi) is 6.08. The first kappa shape index (κ1) is 16.4. The van der Waals surface area contributed by atoms with E-state index in [0.717, 1.165) is 23.2 Å². The molecule has 0 aromatic carbocycles. The highest BCUT2D eigenvalue weighted by Crippen LogP contribution is 2.26. The minimum absolute atomic E-state index is 0. The molecule has 1 aromatic heterocycles. The second-order valence-electron chi connectivity index (χ2n) is 4.17. The molecule has 0 spiro atoms. The molecule has 2 atom stereocenters. The third-order valence-electron chi connectivity index (χ3n) is 2.88. The maximum Gasteiger partial charge on any atom is 0.250 e. The van der Waals surface area contributed by atoms with Gasteiger partial charge in [-0.15, -0.1) is 23.7 Å². The summed E-state index contributed by atoms with van der Waals surface area (Å²) in [5.41, 5.74) is 0. The first-order valence-corrected chi connectivity index (χ1v) is 8.59. The van der Waals surface area contributed by atoms with E-state index in [0.29, 0.717) is 4.21 Å². The molecule has 2 N–H and O–H groups in total. The lowest BCUT2D eigenvalue weighted by Gasteiger charge is -2.30. The molecule has 0 saturated carbocycles. The molecule has 104 valence electrons. The molecule has 8 heteroatoms. The van der Waals surface area contributed by atoms with E-state index < -0.39 is 10.0 Å². The smallest absolute Gasteiger partial charge is 0.250 e. The Morgan fingerprint density at radius 2 is 2.22 bits per heavy atom. The summed E-state index contributed by atoms with van der Waals surface area (Å²) < 4.78 is 28.2. The number of hydrogen-bond donors (Lipinski definition) is 2. The maximum absolute atomic E-state index is 12.1. The Hall–Kier alpha value is 0.340. The molecule has 2 rings (SSSR count). The fraction of sp³-hybridized carbons (Fsp3) is 0.600. The Balaban J connectivity index is 0.00000162. The second-order valence-corrected chi connectivity index (χ2v) is 8.58. The summed E-state index contributed by atoms with van der Waals surface area (Å²) >= 11 is 4.51. The van der Waals surface area contributed by atoms with E-state index >= 15 is 0 Å². The number of thiophene rings is 1. The van der Waals surface area contributed by atoms with Crippen molar-refractivity contribution >= 4 is 49.7 Å². The first-order chi connectivity index (χ1) is 7.99. The van der Waals surface area contributed by atoms with Gasteiger partial charge in [0.2, 0.25) is 10.0 Å². The van der Waals surface area contributed by atoms with Gasteiger partial charge >= 0.3 is 0 Å². The van der Waals surface area contributed by atoms with E-state index in [-0.39, 0.29) is 24.5 Å². The quantitative estimate of drug-likeness (QED) is 0.852. The molecule has 18 heavy (non-hydrogen) atoms. The average molecular weight is 376 g/mol. The van der Waals surface area contributed by atoms with E-state index in [9.17, 15) is 8.42 Å². The highest BCUT2D eigenvalue weighted by atomic mass is 79.9. The highest BCUT2D eigenvalue weighted by Gasteiger charge is 2.27. The van der Waals surface area contributed by atoms with Crippen molar-refractivity contribution in [2.24, 2.45) is 0 Å². The summed E-state index contributed by atoms with van der Waals surface area (Å²) in [5, 5.41) is 3.28. The summed E-state index contributed by atoms with van der Waals surface area (Å²) in [5.74, 6) is 0. The third kappa shape index (κ3) is 3.91. The van der Waals surface area contributed by atoms with Crippen molar-refractivity contribution < 1.29 is 8.42 Å². The van der Waals surface area contributed by atoms with Crippen molar-refractivity contribution in [1.82, 2.24) is 10.0 Å². The molecule has 0 amide bonds. The lowest BCUT2D eigenvalue weighted by Crippen LogP contribution is -2.51. The van der Waals surface area contributed by atoms with Crippen LogP contribution in [0.4, 0.5) is 0 Å². The maximum atomic E-state index is 12.1. The Morgan fingerprint density at radius 3 is 2.78 bits per heavy atom. The fourth-order valence-electron chi connectivity index (χ4n) is 1.90. The van der Waals surface area contributed by atoms with Gasteiger partial charge in [0.05, 0.1) is 3.79 Å². The van der Waals surface area contributed by atoms with Gasteiger partial charge in [-0.3, -0.25) is 0 Å². The van der Waals surface area contributed by atoms with Gasteiger partial charge < -0.3 is 5.32 Å². The average Bonchev–Trinajstić information content (AvgIpc) is 2.69. The van der Waals surface area contributed by atoms with Gasteiger partial charge in [-0.2, -0.15) is 0 Å². The van der Waals surface area contributed by atoms with E-state index in [1.165, 1.54) is 11.3 Å². The summed E-state index contributed by atoms with van der Waals surface area (Å²) in [6, 6.07) is 3.54. The summed E-state index contributed by atoms with van der Waals surface area (Å²) in [6.07, 6.45) is 1.89. The monoisotopic (exact) mass is 374 g/mol. The van der Waals surface area contributed by atoms with Crippen LogP contribution in [0.2, 0.25) is 0 Å². The van der Waals surface area contributed by atoms with Crippen LogP contribution >= 0.6 is 39.7 Å². The van der Waals surface area contributed by atoms with Crippen LogP contribution in [0.15, 0.2) is 20.1 Å². The molecule has 1 saturated heterocycles. The van der Waals surface area contributed by atoms with Crippen LogP contribution in [0, 0.1) is 0 Å². The van der Waals surface area contributed by atoms with E-state index in [1.807, 2.05) is 6.92 Å². The standard InChI is InChI=1S/C10H15BrN2O2S2.ClH/c1-7-8(3-2-6-12-7)13-17(14,15)10-5-4-9(11)16-10;/h4-5,7-8,12-13H,2-3,6H2,1H3;1H. The Bertz CT molecular complexity index is 492. The lowest BCUT2D eigenvalue weighted by molar-refractivity contribution is 0.349. The molecule has 4 nitrogen and oxygen atoms in total. The van der Waals surface area contributed by atoms with Crippen LogP contribution in [0.1, 0.15) is 19.8 Å². The van der Waals surface area contributed by atoms with Crippen molar-refractivity contribution in [1.29, 1.82) is 0 Å². The van der Waals surface area contributed by atoms with Gasteiger partial charge in [0.25, 0.3) is 0 Å². The van der Waals surface area contributed by atoms with Crippen LogP contribution in [0.25, 0.3) is 0 Å². The lowest BCUT2D eigenvalue weighted by atomic mass is 10.0. The molecule has 2 heterocycles. The molecule has 0 radical (unpaired) electrons. The van der Waals surface area contributed by atoms with Crippen molar-refractivity contribution in [2.45, 2.75) is 36.1 Å². The summed E-state index contributed by atoms with van der Waals surface area (Å²) in [7, 11) is -3.37. The van der Waals surface area contributed by atoms with Crippen LogP contribution in [-0.2, 0) is 10.0 Å². The zero-order chi connectivity index (χ0) is 12.5. The van der Waals surface area contributed by atoms with Gasteiger partial charge in [-0.25, -0.2) is 13.1 Å². The molecule has 0 aliphatic carbocycles. The van der Waals surface area contributed by atoms with Crippen LogP contribution in [-0.4, -0.2) is 27.0 Å². The normalized spacial score (nSPS) is 24.6. The second kappa shape index (κ2) is 6.67. The highest BCUT2D eigenvalue weighted by molar-refractivity contribution is 9.11. The van der Waals surface area contributed by atoms with E-state index in [1.54, 1.807) is 12.1 Å². The molecule has 1 fully saturated rings. The van der Waals surface area contributed by atoms with Gasteiger partial charge in [0, 0.05) is 12.1 Å². The number of hydrogen-bond acceptors (Lipinski definition) is 4. The number of halogens is 2. The topological polar surface area (TPSA) is 58.2 Å². The van der Waals surface area contributed by atoms with Crippen molar-refractivity contribution in [3.8, 4) is 0 Å². The van der Waals surface area contributed by atoms with E-state index in [2.05, 4.69) is 26.0 Å². The summed E-state index contributed by atoms with van der Waals surface area (Å²) in [6.45, 7) is 2.97. The molecule has 1 aliphatic heterocycles. The molecule has 1 aromatic rings. The Morgan fingerprint density at radius 1 is 1.50 bits per heavy atom. The number of piperidine rings is 1. The predicted octanol–water partition coefficient (Wildman–Crippen LogP) is 2.35. The third-order valence-corrected chi connectivity index (χ3v) is 6.49. The van der Waals surface area contributed by atoms with Crippen molar-refractivity contribution in [3.63, 3.8) is 0 Å². The molecule has 2 unspecified atom stereocenters. The number of sulfonamides is 1. The minimum atomic E-state index is -3.37. The van der Waals surface area contributed by atoms with Gasteiger partial charge in [0.1, 0.15) is 4.21 Å². The first-order valence-electron chi connectivity index (χ1n) is 5.50. The number of nitrogens with one attached hydrogen (secondary N) is 2. The molecule has 0 bridgehead atoms. The van der Waals surface area contributed by atoms with Gasteiger partial charge in [-0.1, -0.05) is 0 Å². The molecular weight excluding hydrogens is 360 g/mol.